The van der Waals surface area contributed by atoms with Gasteiger partial charge in [0.25, 0.3) is 0 Å². The van der Waals surface area contributed by atoms with Gasteiger partial charge < -0.3 is 9.84 Å². The smallest absolute Gasteiger partial charge is 0.306 e. The van der Waals surface area contributed by atoms with Crippen LogP contribution in [0.2, 0.25) is 0 Å². The van der Waals surface area contributed by atoms with E-state index in [1.807, 2.05) is 6.07 Å². The number of ether oxygens (including phenoxy) is 1. The van der Waals surface area contributed by atoms with Crippen LogP contribution in [0.4, 0.5) is 0 Å². The van der Waals surface area contributed by atoms with E-state index in [0.29, 0.717) is 12.2 Å². The molecule has 0 aliphatic rings. The maximum Gasteiger partial charge on any atom is 0.306 e. The molecule has 1 heterocycles. The fourth-order valence-corrected chi connectivity index (χ4v) is 2.18. The summed E-state index contributed by atoms with van der Waals surface area (Å²) in [5, 5.41) is 10.3. The van der Waals surface area contributed by atoms with Crippen LogP contribution in [0, 0.1) is 0 Å². The van der Waals surface area contributed by atoms with E-state index in [1.165, 1.54) is 18.9 Å². The van der Waals surface area contributed by atoms with E-state index in [1.54, 1.807) is 19.2 Å². The first-order valence-corrected chi connectivity index (χ1v) is 5.96. The Balaban J connectivity index is 2.56. The highest BCUT2D eigenvalue weighted by atomic mass is 32.2. The highest BCUT2D eigenvalue weighted by molar-refractivity contribution is 7.99. The van der Waals surface area contributed by atoms with Gasteiger partial charge >= 0.3 is 5.97 Å². The van der Waals surface area contributed by atoms with Crippen molar-refractivity contribution in [3.8, 4) is 0 Å². The molecule has 1 aromatic rings. The predicted molar refractivity (Wildman–Crippen MR) is 62.2 cm³/mol. The summed E-state index contributed by atoms with van der Waals surface area (Å²) in [5.74, 6) is 0.366. The van der Waals surface area contributed by atoms with Crippen LogP contribution in [-0.2, 0) is 9.53 Å². The van der Waals surface area contributed by atoms with Crippen molar-refractivity contribution >= 4 is 17.7 Å². The van der Waals surface area contributed by atoms with Gasteiger partial charge in [0.1, 0.15) is 5.03 Å². The molecule has 0 amide bonds. The average molecular weight is 241 g/mol. The molecule has 0 fully saturated rings. The van der Waals surface area contributed by atoms with E-state index in [0.717, 1.165) is 10.6 Å². The number of aromatic nitrogens is 1. The number of nitrogens with zero attached hydrogens (tertiary/aromatic N) is 1. The molecule has 0 radical (unpaired) electrons. The molecule has 0 bridgehead atoms. The van der Waals surface area contributed by atoms with Gasteiger partial charge in [-0.3, -0.25) is 4.79 Å². The number of hydrogen-bond donors (Lipinski definition) is 1. The second kappa shape index (κ2) is 6.50. The monoisotopic (exact) mass is 241 g/mol. The Labute approximate surface area is 99.0 Å². The molecule has 4 nitrogen and oxygen atoms in total. The van der Waals surface area contributed by atoms with Crippen molar-refractivity contribution < 1.29 is 14.6 Å². The molecular formula is C11H15NO3S. The van der Waals surface area contributed by atoms with Crippen LogP contribution in [0.15, 0.2) is 23.4 Å². The van der Waals surface area contributed by atoms with Crippen LogP contribution in [0.25, 0.3) is 0 Å². The predicted octanol–water partition coefficient (Wildman–Crippen LogP) is 1.79. The van der Waals surface area contributed by atoms with Crippen molar-refractivity contribution in [3.63, 3.8) is 0 Å². The van der Waals surface area contributed by atoms with E-state index < -0.39 is 6.10 Å². The van der Waals surface area contributed by atoms with Gasteiger partial charge in [-0.05, 0) is 13.0 Å². The molecule has 0 saturated carbocycles. The summed E-state index contributed by atoms with van der Waals surface area (Å²) in [5.41, 5.74) is 0.789. The van der Waals surface area contributed by atoms with Crippen LogP contribution < -0.4 is 0 Å². The number of pyridine rings is 1. The van der Waals surface area contributed by atoms with Crippen molar-refractivity contribution in [1.29, 1.82) is 0 Å². The molecule has 1 aromatic heterocycles. The molecule has 88 valence electrons. The third-order valence-electron chi connectivity index (χ3n) is 2.02. The third kappa shape index (κ3) is 3.83. The number of carbonyl (C=O) groups is 1. The van der Waals surface area contributed by atoms with Crippen molar-refractivity contribution in [1.82, 2.24) is 4.98 Å². The normalized spacial score (nSPS) is 12.2. The number of aliphatic hydroxyl groups is 1. The van der Waals surface area contributed by atoms with Gasteiger partial charge in [0.15, 0.2) is 0 Å². The van der Waals surface area contributed by atoms with Crippen molar-refractivity contribution in [3.05, 3.63) is 23.9 Å². The number of methoxy groups -OCH3 is 1. The zero-order valence-corrected chi connectivity index (χ0v) is 10.2. The summed E-state index contributed by atoms with van der Waals surface area (Å²) in [4.78, 5) is 15.1. The number of esters is 1. The molecule has 0 aromatic carbocycles. The van der Waals surface area contributed by atoms with Crippen molar-refractivity contribution in [2.75, 3.05) is 12.9 Å². The first-order chi connectivity index (χ1) is 7.65. The van der Waals surface area contributed by atoms with Gasteiger partial charge in [-0.2, -0.15) is 0 Å². The average Bonchev–Trinajstić information content (AvgIpc) is 2.29. The standard InChI is InChI=1S/C11H15NO3S/c1-8(13)9-4-3-6-12-11(9)16-7-5-10(14)15-2/h3-4,6,8,13H,5,7H2,1-2H3/t8-/m1/s1. The topological polar surface area (TPSA) is 59.4 Å². The zero-order chi connectivity index (χ0) is 12.0. The van der Waals surface area contributed by atoms with E-state index in [2.05, 4.69) is 9.72 Å². The molecule has 0 aliphatic carbocycles. The fraction of sp³-hybridized carbons (Fsp3) is 0.455. The van der Waals surface area contributed by atoms with Crippen LogP contribution in [0.5, 0.6) is 0 Å². The van der Waals surface area contributed by atoms with Gasteiger partial charge in [-0.25, -0.2) is 4.98 Å². The maximum atomic E-state index is 10.9. The molecular weight excluding hydrogens is 226 g/mol. The summed E-state index contributed by atoms with van der Waals surface area (Å²) in [6.07, 6.45) is 1.47. The Morgan fingerprint density at radius 1 is 1.69 bits per heavy atom. The number of carbonyl (C=O) groups excluding carboxylic acids is 1. The minimum Gasteiger partial charge on any atom is -0.469 e. The van der Waals surface area contributed by atoms with Gasteiger partial charge in [0.05, 0.1) is 19.6 Å². The summed E-state index contributed by atoms with van der Waals surface area (Å²) < 4.78 is 4.54. The number of rotatable bonds is 5. The van der Waals surface area contributed by atoms with Crippen LogP contribution in [0.3, 0.4) is 0 Å². The lowest BCUT2D eigenvalue weighted by molar-refractivity contribution is -0.140. The quantitative estimate of drug-likeness (QED) is 0.629. The summed E-state index contributed by atoms with van der Waals surface area (Å²) in [7, 11) is 1.37. The van der Waals surface area contributed by atoms with Crippen LogP contribution >= 0.6 is 11.8 Å². The van der Waals surface area contributed by atoms with E-state index in [-0.39, 0.29) is 5.97 Å². The van der Waals surface area contributed by atoms with E-state index in [9.17, 15) is 9.90 Å². The molecule has 16 heavy (non-hydrogen) atoms. The molecule has 1 N–H and O–H groups in total. The van der Waals surface area contributed by atoms with Gasteiger partial charge in [-0.1, -0.05) is 6.07 Å². The molecule has 0 saturated heterocycles. The Hall–Kier alpha value is -1.07. The third-order valence-corrected chi connectivity index (χ3v) is 3.05. The Kier molecular flexibility index (Phi) is 5.28. The van der Waals surface area contributed by atoms with Crippen LogP contribution in [-0.4, -0.2) is 28.9 Å². The summed E-state index contributed by atoms with van der Waals surface area (Å²) >= 11 is 1.45. The zero-order valence-electron chi connectivity index (χ0n) is 9.34. The first-order valence-electron chi connectivity index (χ1n) is 4.97. The van der Waals surface area contributed by atoms with Gasteiger partial charge in [0.2, 0.25) is 0 Å². The van der Waals surface area contributed by atoms with E-state index >= 15 is 0 Å². The summed E-state index contributed by atoms with van der Waals surface area (Å²) in [6, 6.07) is 3.62. The molecule has 0 aliphatic heterocycles. The molecule has 5 heteroatoms. The minimum absolute atomic E-state index is 0.234. The Bertz CT molecular complexity index is 355. The largest absolute Gasteiger partial charge is 0.469 e. The highest BCUT2D eigenvalue weighted by Crippen LogP contribution is 2.25. The molecule has 1 rings (SSSR count). The molecule has 0 spiro atoms. The number of aliphatic hydroxyl groups excluding tert-OH is 1. The van der Waals surface area contributed by atoms with Crippen LogP contribution in [0.1, 0.15) is 25.0 Å². The van der Waals surface area contributed by atoms with Gasteiger partial charge in [0, 0.05) is 17.5 Å². The fourth-order valence-electron chi connectivity index (χ4n) is 1.17. The molecule has 1 atom stereocenters. The van der Waals surface area contributed by atoms with Gasteiger partial charge in [-0.15, -0.1) is 11.8 Å². The lowest BCUT2D eigenvalue weighted by atomic mass is 10.2. The number of thioether (sulfide) groups is 1. The first kappa shape index (κ1) is 13.0. The second-order valence-electron chi connectivity index (χ2n) is 3.25. The lowest BCUT2D eigenvalue weighted by Crippen LogP contribution is -2.02. The van der Waals surface area contributed by atoms with Crippen molar-refractivity contribution in [2.45, 2.75) is 24.5 Å². The lowest BCUT2D eigenvalue weighted by Gasteiger charge is -2.09. The summed E-state index contributed by atoms with van der Waals surface area (Å²) in [6.45, 7) is 1.70. The maximum absolute atomic E-state index is 10.9. The SMILES string of the molecule is COC(=O)CCSc1ncccc1[C@@H](C)O. The van der Waals surface area contributed by atoms with Crippen molar-refractivity contribution in [2.24, 2.45) is 0 Å². The highest BCUT2D eigenvalue weighted by Gasteiger charge is 2.09. The Morgan fingerprint density at radius 3 is 3.06 bits per heavy atom. The Morgan fingerprint density at radius 2 is 2.44 bits per heavy atom. The molecule has 0 unspecified atom stereocenters. The second-order valence-corrected chi connectivity index (χ2v) is 4.33. The van der Waals surface area contributed by atoms with E-state index in [4.69, 9.17) is 0 Å². The number of hydrogen-bond acceptors (Lipinski definition) is 5. The minimum atomic E-state index is -0.547.